The van der Waals surface area contributed by atoms with E-state index in [9.17, 15) is 19.1 Å². The van der Waals surface area contributed by atoms with E-state index in [0.29, 0.717) is 4.52 Å². The van der Waals surface area contributed by atoms with E-state index in [0.717, 1.165) is 0 Å². The number of halogens is 1. The molecule has 0 saturated heterocycles. The van der Waals surface area contributed by atoms with E-state index >= 15 is 0 Å². The Kier molecular flexibility index (Phi) is 1.84. The van der Waals surface area contributed by atoms with Crippen LogP contribution in [-0.4, -0.2) is 30.8 Å². The molecule has 0 aliphatic carbocycles. The lowest BCUT2D eigenvalue weighted by molar-refractivity contribution is 0.0700. The van der Waals surface area contributed by atoms with Crippen molar-refractivity contribution in [3.8, 4) is 5.88 Å². The summed E-state index contributed by atoms with van der Waals surface area (Å²) in [5, 5.41) is 21.4. The first-order valence-corrected chi connectivity index (χ1v) is 3.95. The number of hydrogen-bond donors (Lipinski definition) is 4. The van der Waals surface area contributed by atoms with Crippen molar-refractivity contribution in [1.82, 2.24) is 14.6 Å². The van der Waals surface area contributed by atoms with Crippen LogP contribution >= 0.6 is 0 Å². The summed E-state index contributed by atoms with van der Waals surface area (Å²) in [5.41, 5.74) is 3.11. The maximum absolute atomic E-state index is 13.0. The minimum atomic E-state index is -1.47. The van der Waals surface area contributed by atoms with Crippen molar-refractivity contribution in [2.45, 2.75) is 0 Å². The number of aromatic carboxylic acids is 1. The number of fused-ring (bicyclic) bond motifs is 1. The molecule has 0 saturated carbocycles. The zero-order chi connectivity index (χ0) is 12.0. The van der Waals surface area contributed by atoms with Crippen LogP contribution in [0.15, 0.2) is 4.79 Å². The lowest BCUT2D eigenvalue weighted by Crippen LogP contribution is -2.14. The number of carboxylic acids is 1. The van der Waals surface area contributed by atoms with Gasteiger partial charge in [-0.3, -0.25) is 4.79 Å². The third-order valence-electron chi connectivity index (χ3n) is 1.95. The highest BCUT2D eigenvalue weighted by Crippen LogP contribution is 2.20. The maximum Gasteiger partial charge on any atom is 0.343 e. The van der Waals surface area contributed by atoms with Gasteiger partial charge < -0.3 is 20.9 Å². The lowest BCUT2D eigenvalue weighted by Gasteiger charge is -1.97. The lowest BCUT2D eigenvalue weighted by atomic mass is 10.3. The van der Waals surface area contributed by atoms with Crippen LogP contribution in [0, 0.1) is 5.82 Å². The molecule has 0 bridgehead atoms. The largest absolute Gasteiger partial charge is 0.491 e. The smallest absolute Gasteiger partial charge is 0.343 e. The van der Waals surface area contributed by atoms with Gasteiger partial charge in [-0.05, 0) is 0 Å². The molecule has 0 spiro atoms. The van der Waals surface area contributed by atoms with Crippen molar-refractivity contribution in [2.75, 3.05) is 5.73 Å². The number of nitrogens with two attached hydrogens (primary N) is 1. The highest BCUT2D eigenvalue weighted by Gasteiger charge is 2.22. The van der Waals surface area contributed by atoms with Crippen LogP contribution in [0.5, 0.6) is 5.88 Å². The SMILES string of the molecule is Nc1nn2c(O)c(F)c(=O)[nH]c2c1C(=O)O. The van der Waals surface area contributed by atoms with Crippen molar-refractivity contribution in [1.29, 1.82) is 0 Å². The van der Waals surface area contributed by atoms with Gasteiger partial charge in [-0.25, -0.2) is 4.79 Å². The molecule has 2 aromatic heterocycles. The summed E-state index contributed by atoms with van der Waals surface area (Å²) < 4.78 is 13.5. The normalized spacial score (nSPS) is 10.8. The van der Waals surface area contributed by atoms with Crippen LogP contribution in [0.1, 0.15) is 10.4 Å². The topological polar surface area (TPSA) is 134 Å². The van der Waals surface area contributed by atoms with E-state index in [-0.39, 0.29) is 5.65 Å². The highest BCUT2D eigenvalue weighted by atomic mass is 19.1. The van der Waals surface area contributed by atoms with Crippen LogP contribution < -0.4 is 11.3 Å². The standard InChI is InChI=1S/C7H5FN4O4/c8-2-5(13)10-4-1(7(15)16)3(9)11-12(4)6(2)14/h14H,(H2,9,11)(H,10,13)(H,15,16). The molecule has 0 atom stereocenters. The fourth-order valence-corrected chi connectivity index (χ4v) is 1.27. The van der Waals surface area contributed by atoms with Crippen molar-refractivity contribution in [3.05, 3.63) is 21.7 Å². The number of carbonyl (C=O) groups is 1. The molecular formula is C7H5FN4O4. The molecule has 0 amide bonds. The Morgan fingerprint density at radius 1 is 1.56 bits per heavy atom. The second kappa shape index (κ2) is 2.95. The summed E-state index contributed by atoms with van der Waals surface area (Å²) in [5.74, 6) is -4.46. The second-order valence-electron chi connectivity index (χ2n) is 2.92. The number of nitrogens with one attached hydrogen (secondary N) is 1. The number of rotatable bonds is 1. The Balaban J connectivity index is 3.02. The summed E-state index contributed by atoms with van der Waals surface area (Å²) in [4.78, 5) is 23.7. The summed E-state index contributed by atoms with van der Waals surface area (Å²) in [6.45, 7) is 0. The zero-order valence-corrected chi connectivity index (χ0v) is 7.56. The minimum Gasteiger partial charge on any atom is -0.491 e. The molecule has 0 fully saturated rings. The monoisotopic (exact) mass is 228 g/mol. The first-order valence-electron chi connectivity index (χ1n) is 3.95. The number of nitrogens with zero attached hydrogens (tertiary/aromatic N) is 2. The average Bonchev–Trinajstić information content (AvgIpc) is 2.51. The maximum atomic E-state index is 13.0. The van der Waals surface area contributed by atoms with Gasteiger partial charge in [0, 0.05) is 0 Å². The Hall–Kier alpha value is -2.58. The molecule has 9 heteroatoms. The predicted molar refractivity (Wildman–Crippen MR) is 48.8 cm³/mol. The molecule has 2 aromatic rings. The van der Waals surface area contributed by atoms with Gasteiger partial charge in [0.2, 0.25) is 5.82 Å². The van der Waals surface area contributed by atoms with E-state index in [4.69, 9.17) is 10.8 Å². The molecule has 0 aromatic carbocycles. The fraction of sp³-hybridized carbons (Fsp3) is 0. The molecule has 0 unspecified atom stereocenters. The van der Waals surface area contributed by atoms with E-state index in [1.165, 1.54) is 0 Å². The van der Waals surface area contributed by atoms with E-state index in [2.05, 4.69) is 5.10 Å². The number of anilines is 1. The van der Waals surface area contributed by atoms with Crippen LogP contribution in [0.25, 0.3) is 5.65 Å². The number of hydrogen-bond acceptors (Lipinski definition) is 5. The first-order chi connectivity index (χ1) is 7.43. The van der Waals surface area contributed by atoms with Crippen LogP contribution in [0.2, 0.25) is 0 Å². The van der Waals surface area contributed by atoms with Gasteiger partial charge in [-0.1, -0.05) is 0 Å². The predicted octanol–water partition coefficient (Wildman–Crippen LogP) is -0.852. The van der Waals surface area contributed by atoms with Crippen LogP contribution in [0.3, 0.4) is 0 Å². The van der Waals surface area contributed by atoms with Gasteiger partial charge in [0.1, 0.15) is 5.56 Å². The average molecular weight is 228 g/mol. The number of nitrogen functional groups attached to an aromatic ring is 1. The van der Waals surface area contributed by atoms with E-state index in [1.54, 1.807) is 0 Å². The summed E-state index contributed by atoms with van der Waals surface area (Å²) >= 11 is 0. The highest BCUT2D eigenvalue weighted by molar-refractivity contribution is 5.99. The van der Waals surface area contributed by atoms with Gasteiger partial charge in [0.05, 0.1) is 0 Å². The third-order valence-corrected chi connectivity index (χ3v) is 1.95. The van der Waals surface area contributed by atoms with Gasteiger partial charge in [0.25, 0.3) is 11.4 Å². The molecule has 0 aliphatic rings. The molecule has 0 radical (unpaired) electrons. The van der Waals surface area contributed by atoms with Crippen molar-refractivity contribution < 1.29 is 19.4 Å². The number of aromatic hydroxyl groups is 1. The molecule has 16 heavy (non-hydrogen) atoms. The molecule has 2 rings (SSSR count). The molecule has 2 heterocycles. The van der Waals surface area contributed by atoms with Gasteiger partial charge in [-0.15, -0.1) is 5.10 Å². The fourth-order valence-electron chi connectivity index (χ4n) is 1.27. The number of carboxylic acid groups (broad SMARTS) is 1. The molecule has 0 aliphatic heterocycles. The van der Waals surface area contributed by atoms with Gasteiger partial charge in [0.15, 0.2) is 11.5 Å². The zero-order valence-electron chi connectivity index (χ0n) is 7.56. The summed E-state index contributed by atoms with van der Waals surface area (Å²) in [6.07, 6.45) is 0. The van der Waals surface area contributed by atoms with Gasteiger partial charge >= 0.3 is 5.97 Å². The Morgan fingerprint density at radius 3 is 2.75 bits per heavy atom. The Labute approximate surface area is 85.7 Å². The molecule has 5 N–H and O–H groups in total. The van der Waals surface area contributed by atoms with E-state index < -0.39 is 34.6 Å². The summed E-state index contributed by atoms with van der Waals surface area (Å²) in [6, 6.07) is 0. The van der Waals surface area contributed by atoms with Crippen LogP contribution in [0.4, 0.5) is 10.2 Å². The Bertz CT molecular complexity index is 658. The number of H-pyrrole nitrogens is 1. The summed E-state index contributed by atoms with van der Waals surface area (Å²) in [7, 11) is 0. The second-order valence-corrected chi connectivity index (χ2v) is 2.92. The van der Waals surface area contributed by atoms with Crippen molar-refractivity contribution >= 4 is 17.4 Å². The van der Waals surface area contributed by atoms with E-state index in [1.807, 2.05) is 4.98 Å². The molecular weight excluding hydrogens is 223 g/mol. The number of aromatic nitrogens is 3. The number of aromatic amines is 1. The molecule has 8 nitrogen and oxygen atoms in total. The van der Waals surface area contributed by atoms with Crippen molar-refractivity contribution in [3.63, 3.8) is 0 Å². The Morgan fingerprint density at radius 2 is 2.19 bits per heavy atom. The first kappa shape index (κ1) is 9.96. The van der Waals surface area contributed by atoms with Gasteiger partial charge in [-0.2, -0.15) is 8.91 Å². The minimum absolute atomic E-state index is 0.381. The van der Waals surface area contributed by atoms with Crippen molar-refractivity contribution in [2.24, 2.45) is 0 Å². The third kappa shape index (κ3) is 1.11. The quantitative estimate of drug-likeness (QED) is 0.502. The molecule has 84 valence electrons. The van der Waals surface area contributed by atoms with Crippen LogP contribution in [-0.2, 0) is 0 Å².